The van der Waals surface area contributed by atoms with Crippen LogP contribution in [-0.4, -0.2) is 64.3 Å². The van der Waals surface area contributed by atoms with Crippen LogP contribution in [0.5, 0.6) is 0 Å². The number of carbonyl (C=O) groups excluding carboxylic acids is 1. The van der Waals surface area contributed by atoms with Crippen LogP contribution in [0.15, 0.2) is 51.0 Å². The van der Waals surface area contributed by atoms with Crippen LogP contribution >= 0.6 is 11.3 Å². The number of aromatic nitrogens is 4. The minimum atomic E-state index is -3.98. The molecule has 1 aliphatic heterocycles. The van der Waals surface area contributed by atoms with Gasteiger partial charge in [0, 0.05) is 43.4 Å². The predicted octanol–water partition coefficient (Wildman–Crippen LogP) is 1.29. The largest absolute Gasteiger partial charge is 0.465 e. The molecule has 5 heterocycles. The zero-order valence-corrected chi connectivity index (χ0v) is 21.9. The molecule has 4 aromatic rings. The highest BCUT2D eigenvalue weighted by atomic mass is 32.2. The monoisotopic (exact) mass is 543 g/mol. The standard InChI is InChI=1S/C23H25N7O5S2/c1-15-4-5-17(35-15)12-26-18(31)13-29-14-27-21-19(22(29)32)20(16(2)36-21)37(33,34)30-10-8-28(9-11-30)23-24-6-3-7-25-23/h3-7,14H,8-13H2,1-2H3,(H,26,31). The van der Waals surface area contributed by atoms with Crippen molar-refractivity contribution in [2.24, 2.45) is 0 Å². The third kappa shape index (κ3) is 4.99. The SMILES string of the molecule is Cc1ccc(CNC(=O)Cn2cnc3sc(C)c(S(=O)(=O)N4CCN(c5ncccn5)CC4)c3c2=O)o1. The summed E-state index contributed by atoms with van der Waals surface area (Å²) in [6.07, 6.45) is 4.55. The number of carbonyl (C=O) groups is 1. The number of nitrogens with one attached hydrogen (secondary N) is 1. The first kappa shape index (κ1) is 25.0. The van der Waals surface area contributed by atoms with Gasteiger partial charge in [0.25, 0.3) is 5.56 Å². The Morgan fingerprint density at radius 1 is 1.11 bits per heavy atom. The summed E-state index contributed by atoms with van der Waals surface area (Å²) in [5.74, 6) is 1.44. The lowest BCUT2D eigenvalue weighted by Crippen LogP contribution is -2.49. The Hall–Kier alpha value is -3.62. The lowest BCUT2D eigenvalue weighted by molar-refractivity contribution is -0.122. The normalized spacial score (nSPS) is 14.8. The third-order valence-corrected chi connectivity index (χ3v) is 9.25. The van der Waals surface area contributed by atoms with Gasteiger partial charge in [0.15, 0.2) is 0 Å². The number of thiophene rings is 1. The van der Waals surface area contributed by atoms with Gasteiger partial charge in [0.1, 0.15) is 27.8 Å². The van der Waals surface area contributed by atoms with E-state index < -0.39 is 21.5 Å². The average Bonchev–Trinajstić information content (AvgIpc) is 3.47. The van der Waals surface area contributed by atoms with Gasteiger partial charge in [-0.15, -0.1) is 11.3 Å². The molecule has 1 aliphatic rings. The fraction of sp³-hybridized carbons (Fsp3) is 0.348. The Labute approximate surface area is 216 Å². The van der Waals surface area contributed by atoms with E-state index >= 15 is 0 Å². The molecule has 0 radical (unpaired) electrons. The summed E-state index contributed by atoms with van der Waals surface area (Å²) >= 11 is 1.15. The number of aryl methyl sites for hydroxylation is 2. The first-order valence-corrected chi connectivity index (χ1v) is 13.8. The zero-order valence-electron chi connectivity index (χ0n) is 20.2. The summed E-state index contributed by atoms with van der Waals surface area (Å²) in [5, 5.41) is 2.70. The van der Waals surface area contributed by atoms with Crippen LogP contribution in [0.3, 0.4) is 0 Å². The second kappa shape index (κ2) is 10.0. The topological polar surface area (TPSA) is 144 Å². The minimum Gasteiger partial charge on any atom is -0.465 e. The fourth-order valence-electron chi connectivity index (χ4n) is 4.22. The molecular weight excluding hydrogens is 518 g/mol. The molecule has 194 valence electrons. The Bertz CT molecular complexity index is 1600. The summed E-state index contributed by atoms with van der Waals surface area (Å²) in [4.78, 5) is 41.3. The van der Waals surface area contributed by atoms with Gasteiger partial charge in [-0.05, 0) is 32.0 Å². The van der Waals surface area contributed by atoms with Gasteiger partial charge >= 0.3 is 0 Å². The number of amides is 1. The molecule has 0 spiro atoms. The van der Waals surface area contributed by atoms with Crippen molar-refractivity contribution >= 4 is 43.4 Å². The van der Waals surface area contributed by atoms with Crippen molar-refractivity contribution in [3.8, 4) is 0 Å². The zero-order chi connectivity index (χ0) is 26.2. The van der Waals surface area contributed by atoms with Crippen molar-refractivity contribution in [1.29, 1.82) is 0 Å². The van der Waals surface area contributed by atoms with E-state index in [1.165, 1.54) is 10.6 Å². The van der Waals surface area contributed by atoms with Crippen molar-refractivity contribution in [2.75, 3.05) is 31.1 Å². The molecule has 0 bridgehead atoms. The molecule has 4 aromatic heterocycles. The molecule has 5 rings (SSSR count). The summed E-state index contributed by atoms with van der Waals surface area (Å²) in [6, 6.07) is 5.27. The highest BCUT2D eigenvalue weighted by Gasteiger charge is 2.34. The van der Waals surface area contributed by atoms with E-state index in [4.69, 9.17) is 4.42 Å². The Morgan fingerprint density at radius 2 is 1.84 bits per heavy atom. The minimum absolute atomic E-state index is 0.00767. The van der Waals surface area contributed by atoms with Crippen LogP contribution in [0.1, 0.15) is 16.4 Å². The number of hydrogen-bond donors (Lipinski definition) is 1. The Morgan fingerprint density at radius 3 is 2.51 bits per heavy atom. The molecule has 1 saturated heterocycles. The second-order valence-corrected chi connectivity index (χ2v) is 11.7. The molecule has 0 unspecified atom stereocenters. The summed E-state index contributed by atoms with van der Waals surface area (Å²) in [6.45, 7) is 4.62. The van der Waals surface area contributed by atoms with Gasteiger partial charge in [0.05, 0.1) is 18.3 Å². The first-order valence-electron chi connectivity index (χ1n) is 11.6. The maximum Gasteiger partial charge on any atom is 0.263 e. The molecule has 0 atom stereocenters. The number of fused-ring (bicyclic) bond motifs is 1. The average molecular weight is 544 g/mol. The predicted molar refractivity (Wildman–Crippen MR) is 137 cm³/mol. The first-order chi connectivity index (χ1) is 17.7. The highest BCUT2D eigenvalue weighted by Crippen LogP contribution is 2.33. The Kier molecular flexibility index (Phi) is 6.79. The molecule has 1 N–H and O–H groups in total. The van der Waals surface area contributed by atoms with Crippen LogP contribution < -0.4 is 15.8 Å². The van der Waals surface area contributed by atoms with E-state index in [0.29, 0.717) is 34.5 Å². The Balaban J connectivity index is 1.37. The number of anilines is 1. The lowest BCUT2D eigenvalue weighted by Gasteiger charge is -2.33. The fourth-order valence-corrected chi connectivity index (χ4v) is 7.31. The smallest absolute Gasteiger partial charge is 0.263 e. The summed E-state index contributed by atoms with van der Waals surface area (Å²) in [7, 11) is -3.98. The maximum atomic E-state index is 13.7. The van der Waals surface area contributed by atoms with Crippen molar-refractivity contribution in [1.82, 2.24) is 29.1 Å². The van der Waals surface area contributed by atoms with Gasteiger partial charge in [-0.25, -0.2) is 23.4 Å². The van der Waals surface area contributed by atoms with Crippen LogP contribution in [0.2, 0.25) is 0 Å². The number of sulfonamides is 1. The summed E-state index contributed by atoms with van der Waals surface area (Å²) < 4.78 is 35.3. The molecule has 1 amide bonds. The van der Waals surface area contributed by atoms with Crippen molar-refractivity contribution in [3.05, 3.63) is 63.7 Å². The lowest BCUT2D eigenvalue weighted by atomic mass is 10.3. The quantitative estimate of drug-likeness (QED) is 0.365. The van der Waals surface area contributed by atoms with Crippen molar-refractivity contribution in [2.45, 2.75) is 31.8 Å². The van der Waals surface area contributed by atoms with Crippen LogP contribution in [0.4, 0.5) is 5.95 Å². The molecular formula is C23H25N7O5S2. The third-order valence-electron chi connectivity index (χ3n) is 6.04. The summed E-state index contributed by atoms with van der Waals surface area (Å²) in [5.41, 5.74) is -0.576. The van der Waals surface area contributed by atoms with E-state index in [9.17, 15) is 18.0 Å². The second-order valence-electron chi connectivity index (χ2n) is 8.57. The van der Waals surface area contributed by atoms with Crippen LogP contribution in [0.25, 0.3) is 10.2 Å². The molecule has 12 nitrogen and oxygen atoms in total. The van der Waals surface area contributed by atoms with Gasteiger partial charge in [-0.1, -0.05) is 0 Å². The molecule has 0 saturated carbocycles. The van der Waals surface area contributed by atoms with E-state index in [0.717, 1.165) is 21.7 Å². The van der Waals surface area contributed by atoms with Gasteiger partial charge < -0.3 is 14.6 Å². The number of nitrogens with zero attached hydrogens (tertiary/aromatic N) is 6. The molecule has 1 fully saturated rings. The van der Waals surface area contributed by atoms with Crippen molar-refractivity contribution < 1.29 is 17.6 Å². The van der Waals surface area contributed by atoms with Crippen molar-refractivity contribution in [3.63, 3.8) is 0 Å². The molecule has 0 aromatic carbocycles. The van der Waals surface area contributed by atoms with E-state index in [1.54, 1.807) is 44.4 Å². The molecule has 37 heavy (non-hydrogen) atoms. The number of rotatable bonds is 7. The molecule has 0 aliphatic carbocycles. The van der Waals surface area contributed by atoms with E-state index in [-0.39, 0.29) is 36.5 Å². The van der Waals surface area contributed by atoms with E-state index in [1.807, 2.05) is 4.90 Å². The van der Waals surface area contributed by atoms with Crippen LogP contribution in [0, 0.1) is 13.8 Å². The number of hydrogen-bond acceptors (Lipinski definition) is 10. The number of piperazine rings is 1. The maximum absolute atomic E-state index is 13.7. The molecule has 14 heteroatoms. The van der Waals surface area contributed by atoms with Gasteiger partial charge in [-0.3, -0.25) is 14.2 Å². The van der Waals surface area contributed by atoms with Crippen LogP contribution in [-0.2, 0) is 27.9 Å². The van der Waals surface area contributed by atoms with Gasteiger partial charge in [0.2, 0.25) is 21.9 Å². The van der Waals surface area contributed by atoms with Gasteiger partial charge in [-0.2, -0.15) is 4.31 Å². The highest BCUT2D eigenvalue weighted by molar-refractivity contribution is 7.89. The van der Waals surface area contributed by atoms with E-state index in [2.05, 4.69) is 20.3 Å². The number of furan rings is 1.